The number of para-hydroxylation sites is 4. The zero-order valence-corrected chi connectivity index (χ0v) is 33.7. The summed E-state index contributed by atoms with van der Waals surface area (Å²) in [6.07, 6.45) is 0. The maximum absolute atomic E-state index is 13.4. The predicted octanol–water partition coefficient (Wildman–Crippen LogP) is 10.9. The van der Waals surface area contributed by atoms with Gasteiger partial charge in [-0.15, -0.1) is 0 Å². The van der Waals surface area contributed by atoms with Gasteiger partial charge in [0.15, 0.2) is 16.9 Å². The van der Waals surface area contributed by atoms with Crippen LogP contribution >= 0.6 is 0 Å². The van der Waals surface area contributed by atoms with E-state index in [1.807, 2.05) is 125 Å². The largest absolute Gasteiger partial charge is 0.507 e. The van der Waals surface area contributed by atoms with Crippen molar-refractivity contribution in [3.05, 3.63) is 145 Å². The lowest BCUT2D eigenvalue weighted by molar-refractivity contribution is 0.103. The quantitative estimate of drug-likeness (QED) is 0.0900. The normalized spacial score (nSPS) is 11.8. The molecule has 0 fully saturated rings. The minimum absolute atomic E-state index is 0.0235. The molecule has 0 saturated heterocycles. The van der Waals surface area contributed by atoms with Crippen molar-refractivity contribution in [1.82, 2.24) is 9.97 Å². The van der Waals surface area contributed by atoms with Crippen LogP contribution in [0.15, 0.2) is 142 Å². The molecule has 0 unspecified atom stereocenters. The summed E-state index contributed by atoms with van der Waals surface area (Å²) < 4.78 is 35.9. The van der Waals surface area contributed by atoms with Crippen LogP contribution in [-0.4, -0.2) is 52.4 Å². The molecular weight excluding hydrogens is 761 g/mol. The number of benzene rings is 6. The first-order valence-corrected chi connectivity index (χ1v) is 19.5. The fraction of sp³-hybridized carbons (Fsp3) is 0.204. The maximum Gasteiger partial charge on any atom is 0.227 e. The number of oxazole rings is 2. The summed E-state index contributed by atoms with van der Waals surface area (Å²) in [5, 5.41) is 21.7. The molecule has 8 aromatic rings. The zero-order chi connectivity index (χ0) is 41.9. The van der Waals surface area contributed by atoms with Gasteiger partial charge in [0, 0.05) is 34.1 Å². The molecular formula is C49H44N2O9. The first-order valence-electron chi connectivity index (χ1n) is 19.5. The third-order valence-corrected chi connectivity index (χ3v) is 9.74. The van der Waals surface area contributed by atoms with Gasteiger partial charge in [-0.25, -0.2) is 9.97 Å². The van der Waals surface area contributed by atoms with Crippen molar-refractivity contribution in [1.29, 1.82) is 0 Å². The Morgan fingerprint density at radius 3 is 1.22 bits per heavy atom. The number of ketones is 1. The number of rotatable bonds is 16. The Labute approximate surface area is 346 Å². The highest BCUT2D eigenvalue weighted by atomic mass is 16.5. The van der Waals surface area contributed by atoms with Crippen LogP contribution < -0.4 is 18.9 Å². The Hall–Kier alpha value is -7.27. The number of hydrogen-bond acceptors (Lipinski definition) is 11. The van der Waals surface area contributed by atoms with Gasteiger partial charge in [-0.1, -0.05) is 52.0 Å². The highest BCUT2D eigenvalue weighted by molar-refractivity contribution is 6.12. The van der Waals surface area contributed by atoms with E-state index in [0.29, 0.717) is 48.0 Å². The lowest BCUT2D eigenvalue weighted by Gasteiger charge is -2.25. The number of carbonyl (C=O) groups excluding carboxylic acids is 1. The van der Waals surface area contributed by atoms with E-state index in [2.05, 4.69) is 9.97 Å². The molecule has 11 nitrogen and oxygen atoms in total. The predicted molar refractivity (Wildman–Crippen MR) is 228 cm³/mol. The van der Waals surface area contributed by atoms with Gasteiger partial charge in [-0.3, -0.25) is 4.79 Å². The molecule has 0 radical (unpaired) electrons. The lowest BCUT2D eigenvalue weighted by Crippen LogP contribution is -2.28. The van der Waals surface area contributed by atoms with Gasteiger partial charge in [0.2, 0.25) is 11.8 Å². The van der Waals surface area contributed by atoms with Crippen molar-refractivity contribution in [2.75, 3.05) is 26.4 Å². The average Bonchev–Trinajstić information content (AvgIpc) is 3.89. The summed E-state index contributed by atoms with van der Waals surface area (Å²) in [6, 6.07) is 39.3. The maximum atomic E-state index is 13.4. The minimum atomic E-state index is -0.546. The van der Waals surface area contributed by atoms with E-state index in [1.54, 1.807) is 12.1 Å². The van der Waals surface area contributed by atoms with Gasteiger partial charge < -0.3 is 38.0 Å². The fourth-order valence-corrected chi connectivity index (χ4v) is 6.31. The summed E-state index contributed by atoms with van der Waals surface area (Å²) in [5.74, 6) is 2.16. The Morgan fingerprint density at radius 2 is 0.850 bits per heavy atom. The van der Waals surface area contributed by atoms with Crippen molar-refractivity contribution in [3.8, 4) is 57.4 Å². The molecule has 2 aromatic heterocycles. The second kappa shape index (κ2) is 16.5. The van der Waals surface area contributed by atoms with Gasteiger partial charge in [0.1, 0.15) is 45.5 Å². The third-order valence-electron chi connectivity index (χ3n) is 9.74. The van der Waals surface area contributed by atoms with E-state index in [1.165, 1.54) is 24.3 Å². The number of aromatic hydroxyl groups is 2. The van der Waals surface area contributed by atoms with Gasteiger partial charge in [0.05, 0.1) is 37.6 Å². The molecule has 0 aliphatic carbocycles. The molecule has 304 valence electrons. The van der Waals surface area contributed by atoms with Crippen molar-refractivity contribution in [3.63, 3.8) is 0 Å². The summed E-state index contributed by atoms with van der Waals surface area (Å²) in [5.41, 5.74) is 4.02. The highest BCUT2D eigenvalue weighted by Crippen LogP contribution is 2.33. The number of nitrogens with zero attached hydrogens (tertiary/aromatic N) is 2. The van der Waals surface area contributed by atoms with E-state index in [0.717, 1.165) is 33.3 Å². The molecule has 11 heteroatoms. The number of hydrogen-bond donors (Lipinski definition) is 2. The Morgan fingerprint density at radius 1 is 0.500 bits per heavy atom. The van der Waals surface area contributed by atoms with Crippen LogP contribution in [0.4, 0.5) is 0 Å². The van der Waals surface area contributed by atoms with Crippen LogP contribution in [0.25, 0.3) is 45.1 Å². The number of phenols is 2. The molecule has 0 atom stereocenters. The van der Waals surface area contributed by atoms with Crippen molar-refractivity contribution < 1.29 is 42.8 Å². The summed E-state index contributed by atoms with van der Waals surface area (Å²) in [6.45, 7) is 9.30. The van der Waals surface area contributed by atoms with Gasteiger partial charge >= 0.3 is 0 Å². The fourth-order valence-electron chi connectivity index (χ4n) is 6.31. The first kappa shape index (κ1) is 39.6. The Kier molecular flexibility index (Phi) is 10.9. The molecule has 6 aromatic carbocycles. The van der Waals surface area contributed by atoms with Crippen molar-refractivity contribution in [2.24, 2.45) is 10.8 Å². The molecule has 0 saturated carbocycles. The van der Waals surface area contributed by atoms with Crippen LogP contribution in [0.2, 0.25) is 0 Å². The van der Waals surface area contributed by atoms with Crippen LogP contribution in [0, 0.1) is 10.8 Å². The average molecular weight is 805 g/mol. The third kappa shape index (κ3) is 9.21. The molecule has 2 heterocycles. The minimum Gasteiger partial charge on any atom is -0.507 e. The molecule has 60 heavy (non-hydrogen) atoms. The second-order valence-electron chi connectivity index (χ2n) is 16.2. The number of fused-ring (bicyclic) bond motifs is 2. The van der Waals surface area contributed by atoms with Crippen molar-refractivity contribution >= 4 is 28.0 Å². The first-order chi connectivity index (χ1) is 28.9. The van der Waals surface area contributed by atoms with Gasteiger partial charge in [-0.05, 0) is 97.1 Å². The number of ether oxygens (including phenoxy) is 4. The van der Waals surface area contributed by atoms with Gasteiger partial charge in [-0.2, -0.15) is 0 Å². The standard InChI is InChI=1S/C49H44N2O9/c1-48(2,27-55-33-17-13-31(14-18-33)46-50-39-9-5-7-11-43(39)59-46)29-57-35-21-23-37(41(52)25-35)45(54)38-24-22-36(26-42(38)53)58-30-49(3,4)28-56-34-19-15-32(16-20-34)47-51-40-10-6-8-12-44(40)60-47/h5-26,52-53H,27-30H2,1-4H3. The van der Waals surface area contributed by atoms with Crippen LogP contribution in [0.5, 0.6) is 34.5 Å². The number of aromatic nitrogens is 2. The van der Waals surface area contributed by atoms with Crippen molar-refractivity contribution in [2.45, 2.75) is 27.7 Å². The SMILES string of the molecule is CC(C)(COc1ccc(-c2nc3ccccc3o2)cc1)COc1ccc(C(=O)c2ccc(OCC(C)(C)COc3ccc(-c4nc5ccccc5o4)cc3)cc2O)c(O)c1. The monoisotopic (exact) mass is 804 g/mol. The zero-order valence-electron chi connectivity index (χ0n) is 33.7. The summed E-state index contributed by atoms with van der Waals surface area (Å²) in [7, 11) is 0. The molecule has 0 aliphatic rings. The van der Waals surface area contributed by atoms with Crippen LogP contribution in [0.3, 0.4) is 0 Å². The van der Waals surface area contributed by atoms with E-state index >= 15 is 0 Å². The number of phenolic OH excluding ortho intramolecular Hbond substituents is 2. The smallest absolute Gasteiger partial charge is 0.227 e. The summed E-state index contributed by atoms with van der Waals surface area (Å²) >= 11 is 0. The molecule has 0 bridgehead atoms. The van der Waals surface area contributed by atoms with E-state index < -0.39 is 16.6 Å². The number of carbonyl (C=O) groups is 1. The Balaban J connectivity index is 0.801. The van der Waals surface area contributed by atoms with E-state index in [9.17, 15) is 15.0 Å². The highest BCUT2D eigenvalue weighted by Gasteiger charge is 2.24. The Bertz CT molecular complexity index is 2510. The topological polar surface area (TPSA) is 147 Å². The molecule has 0 spiro atoms. The molecule has 0 amide bonds. The van der Waals surface area contributed by atoms with E-state index in [-0.39, 0.29) is 35.8 Å². The lowest BCUT2D eigenvalue weighted by atomic mass is 9.96. The van der Waals surface area contributed by atoms with Crippen LogP contribution in [0.1, 0.15) is 43.6 Å². The van der Waals surface area contributed by atoms with Gasteiger partial charge in [0.25, 0.3) is 0 Å². The second-order valence-corrected chi connectivity index (χ2v) is 16.2. The molecule has 8 rings (SSSR count). The van der Waals surface area contributed by atoms with Crippen LogP contribution in [-0.2, 0) is 0 Å². The van der Waals surface area contributed by atoms with E-state index in [4.69, 9.17) is 27.8 Å². The molecule has 2 N–H and O–H groups in total. The summed E-state index contributed by atoms with van der Waals surface area (Å²) in [4.78, 5) is 22.5. The molecule has 0 aliphatic heterocycles.